The van der Waals surface area contributed by atoms with E-state index in [2.05, 4.69) is 10.3 Å². The number of ether oxygens (including phenoxy) is 1. The van der Waals surface area contributed by atoms with Gasteiger partial charge in [0.1, 0.15) is 12.4 Å². The molecule has 1 atom stereocenters. The summed E-state index contributed by atoms with van der Waals surface area (Å²) in [4.78, 5) is 16.3. The number of hydrogen-bond acceptors (Lipinski definition) is 4. The van der Waals surface area contributed by atoms with E-state index < -0.39 is 5.41 Å². The fourth-order valence-electron chi connectivity index (χ4n) is 2.00. The quantitative estimate of drug-likeness (QED) is 0.809. The molecule has 25 heavy (non-hydrogen) atoms. The standard InChI is InChI=1S/C19H23FN2O3/c1-13(19(2,3)12-23)22-18(24)15-7-8-17(21-10-15)25-11-14-5-4-6-16(20)9-14/h4-10,13,23H,11-12H2,1-3H3,(H,22,24). The summed E-state index contributed by atoms with van der Waals surface area (Å²) in [7, 11) is 0. The van der Waals surface area contributed by atoms with Crippen molar-refractivity contribution in [2.45, 2.75) is 33.4 Å². The van der Waals surface area contributed by atoms with Gasteiger partial charge in [-0.25, -0.2) is 9.37 Å². The zero-order valence-electron chi connectivity index (χ0n) is 14.6. The third-order valence-corrected chi connectivity index (χ3v) is 4.20. The zero-order valence-corrected chi connectivity index (χ0v) is 14.6. The number of aromatic nitrogens is 1. The summed E-state index contributed by atoms with van der Waals surface area (Å²) in [5.41, 5.74) is 0.680. The molecular formula is C19H23FN2O3. The van der Waals surface area contributed by atoms with Crippen LogP contribution in [0.5, 0.6) is 5.88 Å². The molecule has 134 valence electrons. The van der Waals surface area contributed by atoms with Crippen molar-refractivity contribution in [1.82, 2.24) is 10.3 Å². The van der Waals surface area contributed by atoms with Crippen molar-refractivity contribution >= 4 is 5.91 Å². The van der Waals surface area contributed by atoms with Crippen LogP contribution < -0.4 is 10.1 Å². The first-order valence-electron chi connectivity index (χ1n) is 8.07. The van der Waals surface area contributed by atoms with E-state index in [9.17, 15) is 14.3 Å². The predicted octanol–water partition coefficient (Wildman–Crippen LogP) is 2.94. The monoisotopic (exact) mass is 346 g/mol. The van der Waals surface area contributed by atoms with Crippen molar-refractivity contribution in [2.24, 2.45) is 5.41 Å². The highest BCUT2D eigenvalue weighted by molar-refractivity contribution is 5.94. The van der Waals surface area contributed by atoms with Crippen LogP contribution in [0.1, 0.15) is 36.7 Å². The Labute approximate surface area is 146 Å². The van der Waals surface area contributed by atoms with Crippen molar-refractivity contribution in [3.05, 3.63) is 59.5 Å². The highest BCUT2D eigenvalue weighted by Crippen LogP contribution is 2.19. The second-order valence-electron chi connectivity index (χ2n) is 6.65. The number of benzene rings is 1. The molecule has 1 amide bonds. The molecule has 0 saturated carbocycles. The second-order valence-corrected chi connectivity index (χ2v) is 6.65. The van der Waals surface area contributed by atoms with E-state index in [1.807, 2.05) is 20.8 Å². The molecule has 0 radical (unpaired) electrons. The lowest BCUT2D eigenvalue weighted by molar-refractivity contribution is 0.0833. The van der Waals surface area contributed by atoms with Gasteiger partial charge in [-0.15, -0.1) is 0 Å². The normalized spacial score (nSPS) is 12.5. The molecule has 6 heteroatoms. The molecule has 0 fully saturated rings. The van der Waals surface area contributed by atoms with Gasteiger partial charge in [0.25, 0.3) is 5.91 Å². The maximum absolute atomic E-state index is 13.1. The average molecular weight is 346 g/mol. The number of nitrogens with zero attached hydrogens (tertiary/aromatic N) is 1. The number of halogens is 1. The van der Waals surface area contributed by atoms with E-state index in [1.54, 1.807) is 24.3 Å². The molecule has 0 spiro atoms. The molecule has 1 aromatic heterocycles. The molecule has 2 rings (SSSR count). The number of amides is 1. The summed E-state index contributed by atoms with van der Waals surface area (Å²) in [6.07, 6.45) is 1.43. The van der Waals surface area contributed by atoms with Crippen molar-refractivity contribution in [3.8, 4) is 5.88 Å². The summed E-state index contributed by atoms with van der Waals surface area (Å²) >= 11 is 0. The van der Waals surface area contributed by atoms with E-state index in [0.717, 1.165) is 0 Å². The van der Waals surface area contributed by atoms with Crippen LogP contribution in [-0.4, -0.2) is 28.6 Å². The molecule has 2 N–H and O–H groups in total. The SMILES string of the molecule is CC(NC(=O)c1ccc(OCc2cccc(F)c2)nc1)C(C)(C)CO. The first-order chi connectivity index (χ1) is 11.8. The van der Waals surface area contributed by atoms with Crippen LogP contribution in [0.4, 0.5) is 4.39 Å². The molecule has 1 aromatic carbocycles. The molecule has 1 unspecified atom stereocenters. The maximum atomic E-state index is 13.1. The molecule has 1 heterocycles. The summed E-state index contributed by atoms with van der Waals surface area (Å²) in [6.45, 7) is 5.76. The number of aliphatic hydroxyl groups is 1. The Bertz CT molecular complexity index is 717. The van der Waals surface area contributed by atoms with E-state index in [1.165, 1.54) is 18.3 Å². The molecule has 0 bridgehead atoms. The number of carbonyl (C=O) groups excluding carboxylic acids is 1. The van der Waals surface area contributed by atoms with Gasteiger partial charge in [-0.2, -0.15) is 0 Å². The third-order valence-electron chi connectivity index (χ3n) is 4.20. The van der Waals surface area contributed by atoms with Gasteiger partial charge in [-0.1, -0.05) is 26.0 Å². The molecule has 0 aliphatic rings. The zero-order chi connectivity index (χ0) is 18.4. The Morgan fingerprint density at radius 1 is 1.36 bits per heavy atom. The topological polar surface area (TPSA) is 71.5 Å². The van der Waals surface area contributed by atoms with Gasteiger partial charge in [0.15, 0.2) is 0 Å². The van der Waals surface area contributed by atoms with Crippen LogP contribution >= 0.6 is 0 Å². The number of pyridine rings is 1. The number of aliphatic hydroxyl groups excluding tert-OH is 1. The first kappa shape index (κ1) is 18.9. The van der Waals surface area contributed by atoms with Crippen LogP contribution in [0.15, 0.2) is 42.6 Å². The molecule has 0 saturated heterocycles. The number of carbonyl (C=O) groups is 1. The summed E-state index contributed by atoms with van der Waals surface area (Å²) in [6, 6.07) is 9.14. The lowest BCUT2D eigenvalue weighted by atomic mass is 9.86. The summed E-state index contributed by atoms with van der Waals surface area (Å²) in [5.74, 6) is -0.233. The minimum Gasteiger partial charge on any atom is -0.473 e. The van der Waals surface area contributed by atoms with Crippen LogP contribution in [0.25, 0.3) is 0 Å². The fraction of sp³-hybridized carbons (Fsp3) is 0.368. The van der Waals surface area contributed by atoms with Gasteiger partial charge in [0.2, 0.25) is 5.88 Å². The Morgan fingerprint density at radius 3 is 2.72 bits per heavy atom. The van der Waals surface area contributed by atoms with Crippen molar-refractivity contribution in [2.75, 3.05) is 6.61 Å². The molecule has 0 aliphatic heterocycles. The summed E-state index contributed by atoms with van der Waals surface area (Å²) in [5, 5.41) is 12.2. The van der Waals surface area contributed by atoms with Crippen molar-refractivity contribution in [1.29, 1.82) is 0 Å². The van der Waals surface area contributed by atoms with Crippen LogP contribution in [0.3, 0.4) is 0 Å². The van der Waals surface area contributed by atoms with Gasteiger partial charge >= 0.3 is 0 Å². The Balaban J connectivity index is 1.94. The molecule has 0 aliphatic carbocycles. The highest BCUT2D eigenvalue weighted by atomic mass is 19.1. The number of nitrogens with one attached hydrogen (secondary N) is 1. The third kappa shape index (κ3) is 5.26. The number of hydrogen-bond donors (Lipinski definition) is 2. The predicted molar refractivity (Wildman–Crippen MR) is 92.8 cm³/mol. The van der Waals surface area contributed by atoms with Gasteiger partial charge in [0, 0.05) is 23.7 Å². The fourth-order valence-corrected chi connectivity index (χ4v) is 2.00. The van der Waals surface area contributed by atoms with Crippen LogP contribution in [0.2, 0.25) is 0 Å². The van der Waals surface area contributed by atoms with E-state index >= 15 is 0 Å². The van der Waals surface area contributed by atoms with E-state index in [0.29, 0.717) is 17.0 Å². The van der Waals surface area contributed by atoms with E-state index in [4.69, 9.17) is 4.74 Å². The Hall–Kier alpha value is -2.47. The average Bonchev–Trinajstić information content (AvgIpc) is 2.60. The molecule has 2 aromatic rings. The van der Waals surface area contributed by atoms with Gasteiger partial charge in [0.05, 0.1) is 12.2 Å². The van der Waals surface area contributed by atoms with Crippen molar-refractivity contribution < 1.29 is 19.0 Å². The minimum atomic E-state index is -0.420. The number of rotatable bonds is 7. The smallest absolute Gasteiger partial charge is 0.253 e. The largest absolute Gasteiger partial charge is 0.473 e. The molecular weight excluding hydrogens is 323 g/mol. The Morgan fingerprint density at radius 2 is 2.12 bits per heavy atom. The minimum absolute atomic E-state index is 0.0282. The van der Waals surface area contributed by atoms with Gasteiger partial charge < -0.3 is 15.2 Å². The lowest BCUT2D eigenvalue weighted by Crippen LogP contribution is -2.44. The molecule has 5 nitrogen and oxygen atoms in total. The second kappa shape index (κ2) is 8.07. The van der Waals surface area contributed by atoms with Crippen molar-refractivity contribution in [3.63, 3.8) is 0 Å². The van der Waals surface area contributed by atoms with Crippen LogP contribution in [-0.2, 0) is 6.61 Å². The lowest BCUT2D eigenvalue weighted by Gasteiger charge is -2.30. The van der Waals surface area contributed by atoms with Gasteiger partial charge in [-0.3, -0.25) is 4.79 Å². The Kier molecular flexibility index (Phi) is 6.09. The summed E-state index contributed by atoms with van der Waals surface area (Å²) < 4.78 is 18.6. The van der Waals surface area contributed by atoms with E-state index in [-0.39, 0.29) is 31.0 Å². The van der Waals surface area contributed by atoms with Gasteiger partial charge in [-0.05, 0) is 30.7 Å². The maximum Gasteiger partial charge on any atom is 0.253 e. The highest BCUT2D eigenvalue weighted by Gasteiger charge is 2.26. The first-order valence-corrected chi connectivity index (χ1v) is 8.07. The van der Waals surface area contributed by atoms with Crippen LogP contribution in [0, 0.1) is 11.2 Å².